The average Bonchev–Trinajstić information content (AvgIpc) is 3.02. The first-order valence-electron chi connectivity index (χ1n) is 5.80. The first-order chi connectivity index (χ1) is 8.92. The second-order valence-corrected chi connectivity index (χ2v) is 5.30. The normalized spacial score (nSPS) is 14.1. The van der Waals surface area contributed by atoms with Crippen LogP contribution in [-0.2, 0) is 6.54 Å². The Bertz CT molecular complexity index is 697. The van der Waals surface area contributed by atoms with Gasteiger partial charge in [0.2, 0.25) is 0 Å². The lowest BCUT2D eigenvalue weighted by Crippen LogP contribution is -2.07. The van der Waals surface area contributed by atoms with Crippen LogP contribution in [0.25, 0.3) is 11.0 Å². The fourth-order valence-electron chi connectivity index (χ4n) is 2.20. The SMILES string of the molecule is c1ccc2c(c1)CN(c1noc3ccccc13)S2. The Morgan fingerprint density at radius 3 is 2.83 bits per heavy atom. The standard InChI is InChI=1S/C14H10N2OS/c1-4-8-13-10(5-1)9-16(18-13)14-11-6-2-3-7-12(11)17-15-14/h1-8H,9H2. The predicted molar refractivity (Wildman–Crippen MR) is 72.5 cm³/mol. The molecular formula is C14H10N2OS. The first-order valence-corrected chi connectivity index (χ1v) is 6.57. The topological polar surface area (TPSA) is 29.3 Å². The van der Waals surface area contributed by atoms with Gasteiger partial charge in [-0.05, 0) is 35.7 Å². The maximum Gasteiger partial charge on any atom is 0.190 e. The van der Waals surface area contributed by atoms with Crippen LogP contribution < -0.4 is 4.31 Å². The molecule has 0 unspecified atom stereocenters. The molecule has 3 nitrogen and oxygen atoms in total. The summed E-state index contributed by atoms with van der Waals surface area (Å²) in [6.45, 7) is 0.872. The summed E-state index contributed by atoms with van der Waals surface area (Å²) in [6.07, 6.45) is 0. The first kappa shape index (κ1) is 10.0. The van der Waals surface area contributed by atoms with Gasteiger partial charge >= 0.3 is 0 Å². The Morgan fingerprint density at radius 2 is 1.89 bits per heavy atom. The summed E-state index contributed by atoms with van der Waals surface area (Å²) in [5.74, 6) is 0.909. The van der Waals surface area contributed by atoms with Gasteiger partial charge < -0.3 is 4.52 Å². The Morgan fingerprint density at radius 1 is 1.06 bits per heavy atom. The number of hydrogen-bond donors (Lipinski definition) is 0. The van der Waals surface area contributed by atoms with E-state index in [0.717, 1.165) is 23.3 Å². The molecule has 0 aliphatic carbocycles. The van der Waals surface area contributed by atoms with Gasteiger partial charge in [-0.3, -0.25) is 4.31 Å². The third-order valence-corrected chi connectivity index (χ3v) is 4.21. The number of hydrogen-bond acceptors (Lipinski definition) is 4. The van der Waals surface area contributed by atoms with Crippen LogP contribution in [0.1, 0.15) is 5.56 Å². The Hall–Kier alpha value is -1.94. The van der Waals surface area contributed by atoms with Crippen molar-refractivity contribution in [2.45, 2.75) is 11.4 Å². The summed E-state index contributed by atoms with van der Waals surface area (Å²) in [5.41, 5.74) is 2.18. The van der Waals surface area contributed by atoms with Crippen LogP contribution in [0, 0.1) is 0 Å². The van der Waals surface area contributed by atoms with Crippen molar-refractivity contribution in [3.8, 4) is 0 Å². The van der Waals surface area contributed by atoms with Crippen molar-refractivity contribution in [2.75, 3.05) is 4.31 Å². The fourth-order valence-corrected chi connectivity index (χ4v) is 3.25. The van der Waals surface area contributed by atoms with Crippen molar-refractivity contribution in [3.63, 3.8) is 0 Å². The molecule has 88 valence electrons. The Labute approximate surface area is 109 Å². The molecule has 0 amide bonds. The largest absolute Gasteiger partial charge is 0.354 e. The molecule has 0 atom stereocenters. The molecule has 0 bridgehead atoms. The van der Waals surface area contributed by atoms with Gasteiger partial charge in [-0.25, -0.2) is 0 Å². The zero-order chi connectivity index (χ0) is 11.9. The van der Waals surface area contributed by atoms with Crippen molar-refractivity contribution >= 4 is 28.7 Å². The van der Waals surface area contributed by atoms with Gasteiger partial charge in [0.25, 0.3) is 0 Å². The van der Waals surface area contributed by atoms with Gasteiger partial charge in [0, 0.05) is 4.90 Å². The Kier molecular flexibility index (Phi) is 2.11. The van der Waals surface area contributed by atoms with Gasteiger partial charge in [-0.15, -0.1) is 0 Å². The second kappa shape index (κ2) is 3.78. The molecule has 2 aromatic carbocycles. The molecule has 3 aromatic rings. The van der Waals surface area contributed by atoms with E-state index in [0.29, 0.717) is 0 Å². The van der Waals surface area contributed by atoms with Crippen molar-refractivity contribution < 1.29 is 4.52 Å². The molecule has 0 saturated carbocycles. The minimum Gasteiger partial charge on any atom is -0.354 e. The van der Waals surface area contributed by atoms with Crippen LogP contribution in [0.5, 0.6) is 0 Å². The molecule has 2 heterocycles. The molecule has 0 saturated heterocycles. The summed E-state index contributed by atoms with van der Waals surface area (Å²) >= 11 is 1.72. The lowest BCUT2D eigenvalue weighted by Gasteiger charge is -2.11. The van der Waals surface area contributed by atoms with Gasteiger partial charge in [-0.2, -0.15) is 0 Å². The molecular weight excluding hydrogens is 244 g/mol. The van der Waals surface area contributed by atoms with E-state index < -0.39 is 0 Å². The molecule has 0 radical (unpaired) electrons. The smallest absolute Gasteiger partial charge is 0.190 e. The van der Waals surface area contributed by atoms with Crippen LogP contribution >= 0.6 is 11.9 Å². The summed E-state index contributed by atoms with van der Waals surface area (Å²) in [4.78, 5) is 1.30. The highest BCUT2D eigenvalue weighted by Gasteiger charge is 2.24. The lowest BCUT2D eigenvalue weighted by atomic mass is 10.2. The predicted octanol–water partition coefficient (Wildman–Crippen LogP) is 3.86. The zero-order valence-corrected chi connectivity index (χ0v) is 10.4. The van der Waals surface area contributed by atoms with Crippen molar-refractivity contribution in [1.29, 1.82) is 0 Å². The summed E-state index contributed by atoms with van der Waals surface area (Å²) in [7, 11) is 0. The van der Waals surface area contributed by atoms with Crippen LogP contribution in [0.3, 0.4) is 0 Å². The zero-order valence-electron chi connectivity index (χ0n) is 9.54. The third kappa shape index (κ3) is 1.42. The lowest BCUT2D eigenvalue weighted by molar-refractivity contribution is 0.458. The van der Waals surface area contributed by atoms with Gasteiger partial charge in [0.05, 0.1) is 11.9 Å². The highest BCUT2D eigenvalue weighted by atomic mass is 32.2. The van der Waals surface area contributed by atoms with E-state index in [1.807, 2.05) is 24.3 Å². The quantitative estimate of drug-likeness (QED) is 0.617. The fraction of sp³-hybridized carbons (Fsp3) is 0.0714. The molecule has 4 heteroatoms. The number of fused-ring (bicyclic) bond motifs is 2. The van der Waals surface area contributed by atoms with Crippen LogP contribution in [0.15, 0.2) is 57.9 Å². The summed E-state index contributed by atoms with van der Waals surface area (Å²) in [6, 6.07) is 16.4. The molecule has 0 N–H and O–H groups in total. The maximum atomic E-state index is 5.36. The van der Waals surface area contributed by atoms with Gasteiger partial charge in [0.1, 0.15) is 0 Å². The number of aromatic nitrogens is 1. The minimum absolute atomic E-state index is 0.837. The number of nitrogens with zero attached hydrogens (tertiary/aromatic N) is 2. The molecule has 1 aliphatic heterocycles. The molecule has 0 spiro atoms. The van der Waals surface area contributed by atoms with Crippen molar-refractivity contribution in [3.05, 3.63) is 54.1 Å². The van der Waals surface area contributed by atoms with E-state index in [9.17, 15) is 0 Å². The average molecular weight is 254 g/mol. The van der Waals surface area contributed by atoms with Crippen LogP contribution in [-0.4, -0.2) is 5.16 Å². The van der Waals surface area contributed by atoms with E-state index >= 15 is 0 Å². The monoisotopic (exact) mass is 254 g/mol. The molecule has 4 rings (SSSR count). The second-order valence-electron chi connectivity index (χ2n) is 4.24. The van der Waals surface area contributed by atoms with E-state index in [1.165, 1.54) is 10.5 Å². The van der Waals surface area contributed by atoms with Crippen molar-refractivity contribution in [1.82, 2.24) is 5.16 Å². The maximum absolute atomic E-state index is 5.36. The van der Waals surface area contributed by atoms with Crippen molar-refractivity contribution in [2.24, 2.45) is 0 Å². The highest BCUT2D eigenvalue weighted by Crippen LogP contribution is 2.41. The van der Waals surface area contributed by atoms with E-state index in [2.05, 4.69) is 33.7 Å². The summed E-state index contributed by atoms with van der Waals surface area (Å²) < 4.78 is 7.53. The summed E-state index contributed by atoms with van der Waals surface area (Å²) in [5, 5.41) is 5.26. The molecule has 1 aromatic heterocycles. The van der Waals surface area contributed by atoms with E-state index in [-0.39, 0.29) is 0 Å². The number of benzene rings is 2. The molecule has 18 heavy (non-hydrogen) atoms. The highest BCUT2D eigenvalue weighted by molar-refractivity contribution is 8.01. The van der Waals surface area contributed by atoms with E-state index in [1.54, 1.807) is 11.9 Å². The number of rotatable bonds is 1. The third-order valence-electron chi connectivity index (χ3n) is 3.09. The molecule has 0 fully saturated rings. The van der Waals surface area contributed by atoms with Crippen LogP contribution in [0.4, 0.5) is 5.82 Å². The van der Waals surface area contributed by atoms with Crippen LogP contribution in [0.2, 0.25) is 0 Å². The number of para-hydroxylation sites is 1. The van der Waals surface area contributed by atoms with Gasteiger partial charge in [0.15, 0.2) is 11.4 Å². The van der Waals surface area contributed by atoms with E-state index in [4.69, 9.17) is 4.52 Å². The number of anilines is 1. The minimum atomic E-state index is 0.837. The molecule has 1 aliphatic rings. The van der Waals surface area contributed by atoms with Gasteiger partial charge in [-0.1, -0.05) is 35.5 Å². The Balaban J connectivity index is 1.78.